The van der Waals surface area contributed by atoms with Gasteiger partial charge in [-0.05, 0) is 116 Å². The maximum Gasteiger partial charge on any atom is 0.141 e. The molecule has 0 aliphatic heterocycles. The molecule has 0 aliphatic carbocycles. The molecule has 0 aromatic heterocycles. The highest BCUT2D eigenvalue weighted by Gasteiger charge is 2.32. The molecule has 140 heavy (non-hydrogen) atoms. The first kappa shape index (κ1) is 168. The molecule has 0 radical (unpaired) electrons. The van der Waals surface area contributed by atoms with Crippen molar-refractivity contribution in [2.24, 2.45) is 0 Å². The van der Waals surface area contributed by atoms with Gasteiger partial charge >= 0.3 is 0 Å². The largest absolute Gasteiger partial charge is 0.255 e. The fraction of sp³-hybridized carbons (Fsp3) is 0.923. The molecule has 0 unspecified atom stereocenters. The first-order chi connectivity index (χ1) is 68.3. The van der Waals surface area contributed by atoms with Crippen molar-refractivity contribution in [3.63, 3.8) is 0 Å². The van der Waals surface area contributed by atoms with Crippen molar-refractivity contribution >= 4 is 982 Å². The molecule has 0 heterocycles. The van der Waals surface area contributed by atoms with Gasteiger partial charge in [0.2, 0.25) is 0 Å². The second-order valence-corrected chi connectivity index (χ2v) is 208. The maximum absolute atomic E-state index is 6.71. The summed E-state index contributed by atoms with van der Waals surface area (Å²) >= 11 is 16.4. The molecule has 0 aliphatic rings. The summed E-state index contributed by atoms with van der Waals surface area (Å²) < 4.78 is 9.76. The van der Waals surface area contributed by atoms with Crippen LogP contribution in [0.4, 0.5) is 0 Å². The van der Waals surface area contributed by atoms with Crippen LogP contribution in [0.5, 0.6) is 0 Å². The summed E-state index contributed by atoms with van der Waals surface area (Å²) in [6.07, 6.45) is 5.82. The van der Waals surface area contributed by atoms with Crippen molar-refractivity contribution in [3.05, 3.63) is 0 Å². The molecule has 0 saturated carbocycles. The third-order valence-corrected chi connectivity index (χ3v) is 246. The van der Waals surface area contributed by atoms with Crippen LogP contribution in [-0.2, 0) is 955 Å². The Labute approximate surface area is 1140 Å². The topological polar surface area (TPSA) is 13.0 Å². The zero-order valence-electron chi connectivity index (χ0n) is 68.4. The van der Waals surface area contributed by atoms with Crippen LogP contribution in [0.1, 0.15) is 111 Å². The molecular weight excluding hydrogens is 3900 g/mol. The Balaban J connectivity index is -0.00000474. The van der Waals surface area contributed by atoms with Crippen LogP contribution in [0.25, 0.3) is 0 Å². The molecular formula is C26H57ClN4P2S107. The second kappa shape index (κ2) is 145. The Kier molecular flexibility index (Phi) is 174. The van der Waals surface area contributed by atoms with Crippen molar-refractivity contribution in [1.29, 1.82) is 0 Å². The van der Waals surface area contributed by atoms with Crippen LogP contribution >= 0.6 is 27.0 Å². The van der Waals surface area contributed by atoms with E-state index in [0.29, 0.717) is 48.3 Å². The number of terminal acetylenes is 1. The van der Waals surface area contributed by atoms with E-state index < -0.39 is 15.8 Å². The lowest BCUT2D eigenvalue weighted by molar-refractivity contribution is 0.261. The minimum atomic E-state index is -0.726. The van der Waals surface area contributed by atoms with E-state index in [1.165, 1.54) is 17.8 Å². The van der Waals surface area contributed by atoms with E-state index >= 15 is 0 Å². The summed E-state index contributed by atoms with van der Waals surface area (Å²) in [7, 11) is 189. The van der Waals surface area contributed by atoms with E-state index in [4.69, 9.17) is 40.0 Å². The van der Waals surface area contributed by atoms with Gasteiger partial charge in [-0.1, -0.05) is 11.2 Å². The summed E-state index contributed by atoms with van der Waals surface area (Å²) in [6.45, 7) is 35.6. The number of nitrogens with zero attached hydrogens (tertiary/aromatic N) is 4. The molecule has 0 fully saturated rings. The van der Waals surface area contributed by atoms with Gasteiger partial charge in [-0.2, -0.15) is 0 Å². The molecule has 0 spiro atoms. The molecule has 840 valence electrons. The summed E-state index contributed by atoms with van der Waals surface area (Å²) in [5, 5.41) is 0. The van der Waals surface area contributed by atoms with Gasteiger partial charge in [0.1, 0.15) is 15.8 Å². The zero-order valence-corrected chi connectivity index (χ0v) is 158. The highest BCUT2D eigenvalue weighted by atomic mass is 35.7. The lowest BCUT2D eigenvalue weighted by atomic mass is 10.3. The number of hydrogen-bond acceptors (Lipinski definition) is 6. The Bertz CT molecular complexity index is 9140. The van der Waals surface area contributed by atoms with Gasteiger partial charge in [0.15, 0.2) is 0 Å². The third kappa shape index (κ3) is 133. The van der Waals surface area contributed by atoms with E-state index in [2.05, 4.69) is 135 Å². The van der Waals surface area contributed by atoms with Crippen molar-refractivity contribution in [2.75, 3.05) is 0 Å². The Morgan fingerprint density at radius 3 is 0.257 bits per heavy atom. The highest BCUT2D eigenvalue weighted by molar-refractivity contribution is 8.88. The normalized spacial score (nSPS) is 9.13. The predicted octanol–water partition coefficient (Wildman–Crippen LogP) is 8.56. The van der Waals surface area contributed by atoms with Crippen LogP contribution < -0.4 is 0 Å². The lowest BCUT2D eigenvalue weighted by Gasteiger charge is -2.44. The SMILES string of the molecule is C#CP(N(C(C)C)C(C)C)N(C(C)C)C(C)C.CC(C)N(C(C)C)P(Cl)N(C(C)C)C(C)C.S=S=S=S=S=S=S=S=S=S=S=S=S=S=S=S=S=S=S=S=S=S=S=S=S=S=S=S=S=S=S=S=S=S=S=S=S=S=S=S=S=S=S=S=S=S=S=S=S=S=S=S=S=S=S=S=S=S=S=S=S=S=S=S=S=S=S=S=S=S=S=S=S=S=S=S=S=S=S=S=S=S=S=S=S=S=S=S=S=S=S=S=S=S=S=S=S=S=S=S=S=S=S=S=S=S=S. The Morgan fingerprint density at radius 2 is 0.207 bits per heavy atom. The van der Waals surface area contributed by atoms with Gasteiger partial charge in [-0.25, -0.2) is 0 Å². The van der Waals surface area contributed by atoms with Gasteiger partial charge in [0, 0.05) is 1000 Å². The van der Waals surface area contributed by atoms with Crippen molar-refractivity contribution in [3.8, 4) is 12.1 Å². The molecule has 0 aromatic rings. The predicted molar refractivity (Wildman–Crippen MR) is 945 cm³/mol. The van der Waals surface area contributed by atoms with E-state index in [1.807, 2.05) is 808 Å². The van der Waals surface area contributed by atoms with Crippen LogP contribution in [0.15, 0.2) is 0 Å². The van der Waals surface area contributed by atoms with Gasteiger partial charge in [0.05, 0.1) is 0 Å². The lowest BCUT2D eigenvalue weighted by Crippen LogP contribution is -2.42. The first-order valence-electron chi connectivity index (χ1n) is 30.5. The smallest absolute Gasteiger partial charge is 0.141 e. The fourth-order valence-electron chi connectivity index (χ4n) is 5.56. The monoisotopic (exact) mass is 3940 g/mol. The maximum atomic E-state index is 6.71. The number of rotatable bonds is 12. The standard InChI is InChI=1S/C14H29N2P.C12H28ClN2P.S107/c1-10-17(15(11(2)3)12(4)5)16(13(6)7)14(8)9;1-9(2)14(10(3)4)16(13)15(11(5)6)12(7)8;1-3-5-7-9-11-13-15-17-19-21-23-25-27-29-31-33-35-37-39-41-43-45-47-49-51-53-55-57-59-61-63-65-67-69-71-73-75-77-79-81-83-85-87-89-91-93-95-97-99-101-103-105-107-106-104-102-100-98-96-94-92-90-88-86-84-82-80-78-76-74-72-70-68-66-64-62-60-58-56-54-52-50-48-46-44-42-40-38-36-34-32-30-28-26-24-22-20-18-16-14-12-10-8-6-4-2/h1,11-14H,2-9H3;9-12H,1-8H3;. The average Bonchev–Trinajstić information content (AvgIpc) is 0.835. The third-order valence-electron chi connectivity index (χ3n) is 8.06. The number of hydrogen-bond donors (Lipinski definition) is 0. The van der Waals surface area contributed by atoms with Crippen LogP contribution in [0, 0.1) is 12.1 Å². The highest BCUT2D eigenvalue weighted by Crippen LogP contribution is 2.54. The molecule has 114 heteroatoms. The van der Waals surface area contributed by atoms with Crippen molar-refractivity contribution in [1.82, 2.24) is 18.7 Å². The van der Waals surface area contributed by atoms with E-state index in [-0.39, 0.29) is 0 Å². The molecule has 0 bridgehead atoms. The summed E-state index contributed by atoms with van der Waals surface area (Å²) in [5.41, 5.74) is 3.04. The van der Waals surface area contributed by atoms with E-state index in [9.17, 15) is 0 Å². The fourth-order valence-corrected chi connectivity index (χ4v) is 294. The Hall–Kier alpha value is 24.1. The minimum Gasteiger partial charge on any atom is -0.255 e. The van der Waals surface area contributed by atoms with Gasteiger partial charge in [-0.3, -0.25) is 18.7 Å². The van der Waals surface area contributed by atoms with Crippen LogP contribution in [0.2, 0.25) is 0 Å². The van der Waals surface area contributed by atoms with Crippen LogP contribution in [-0.4, -0.2) is 67.0 Å². The molecule has 0 aromatic carbocycles. The Morgan fingerprint density at radius 1 is 0.143 bits per heavy atom. The van der Waals surface area contributed by atoms with Gasteiger partial charge in [0.25, 0.3) is 0 Å². The summed E-state index contributed by atoms with van der Waals surface area (Å²) in [4.78, 5) is 0. The summed E-state index contributed by atoms with van der Waals surface area (Å²) in [5.74, 6) is 0. The molecule has 0 atom stereocenters. The zero-order chi connectivity index (χ0) is 103. The molecule has 4 nitrogen and oxygen atoms in total. The average molecular weight is 3950 g/mol. The minimum absolute atomic E-state index is 0.483. The van der Waals surface area contributed by atoms with Crippen LogP contribution in [0.3, 0.4) is 0 Å². The second-order valence-electron chi connectivity index (χ2n) is 18.1. The molecule has 0 amide bonds. The van der Waals surface area contributed by atoms with Crippen molar-refractivity contribution in [2.45, 2.75) is 159 Å². The van der Waals surface area contributed by atoms with E-state index in [0.717, 1.165) is 0 Å². The molecule has 0 saturated heterocycles. The van der Waals surface area contributed by atoms with Gasteiger partial charge < -0.3 is 0 Å². The van der Waals surface area contributed by atoms with E-state index in [1.54, 1.807) is 107 Å². The summed E-state index contributed by atoms with van der Waals surface area (Å²) in [6, 6.07) is 3.89. The quantitative estimate of drug-likeness (QED) is 0.143. The molecule has 0 N–H and O–H groups in total. The van der Waals surface area contributed by atoms with Crippen molar-refractivity contribution < 1.29 is 0 Å². The first-order valence-corrected chi connectivity index (χ1v) is 175. The number of halogens is 1. The van der Waals surface area contributed by atoms with Gasteiger partial charge in [-0.15, -0.1) is 6.42 Å². The molecule has 0 rings (SSSR count).